The molecule has 5 nitrogen and oxygen atoms in total. The maximum atomic E-state index is 13.1. The minimum absolute atomic E-state index is 0.0228. The van der Waals surface area contributed by atoms with E-state index in [0.29, 0.717) is 22.6 Å². The SMILES string of the molecule is Cc1cc(C(=O)OCc2noc(-c3ccc(F)cc3)c2C)c2ccccc2n1. The summed E-state index contributed by atoms with van der Waals surface area (Å²) in [4.78, 5) is 17.1. The van der Waals surface area contributed by atoms with Crippen molar-refractivity contribution < 1.29 is 18.4 Å². The Bertz CT molecular complexity index is 1170. The van der Waals surface area contributed by atoms with Gasteiger partial charge >= 0.3 is 5.97 Å². The van der Waals surface area contributed by atoms with E-state index in [1.807, 2.05) is 38.1 Å². The van der Waals surface area contributed by atoms with Crippen LogP contribution < -0.4 is 0 Å². The molecule has 0 saturated carbocycles. The van der Waals surface area contributed by atoms with E-state index in [2.05, 4.69) is 10.1 Å². The van der Waals surface area contributed by atoms with Crippen LogP contribution in [0.2, 0.25) is 0 Å². The highest BCUT2D eigenvalue weighted by Crippen LogP contribution is 2.27. The van der Waals surface area contributed by atoms with E-state index in [1.165, 1.54) is 12.1 Å². The highest BCUT2D eigenvalue weighted by atomic mass is 19.1. The molecule has 0 bridgehead atoms. The molecule has 28 heavy (non-hydrogen) atoms. The monoisotopic (exact) mass is 376 g/mol. The second-order valence-corrected chi connectivity index (χ2v) is 6.49. The minimum atomic E-state index is -0.451. The van der Waals surface area contributed by atoms with Crippen molar-refractivity contribution >= 4 is 16.9 Å². The lowest BCUT2D eigenvalue weighted by Crippen LogP contribution is -2.08. The molecule has 0 unspecified atom stereocenters. The number of hydrogen-bond acceptors (Lipinski definition) is 5. The number of carbonyl (C=O) groups excluding carboxylic acids is 1. The van der Waals surface area contributed by atoms with Gasteiger partial charge in [0.15, 0.2) is 5.76 Å². The molecule has 0 atom stereocenters. The van der Waals surface area contributed by atoms with E-state index >= 15 is 0 Å². The van der Waals surface area contributed by atoms with Crippen molar-refractivity contribution in [3.63, 3.8) is 0 Å². The molecule has 2 aromatic heterocycles. The van der Waals surface area contributed by atoms with Gasteiger partial charge in [0.25, 0.3) is 0 Å². The lowest BCUT2D eigenvalue weighted by Gasteiger charge is -2.08. The van der Waals surface area contributed by atoms with Gasteiger partial charge in [0.1, 0.15) is 18.1 Å². The first-order valence-electron chi connectivity index (χ1n) is 8.77. The second-order valence-electron chi connectivity index (χ2n) is 6.49. The second kappa shape index (κ2) is 7.23. The topological polar surface area (TPSA) is 65.2 Å². The van der Waals surface area contributed by atoms with Crippen molar-refractivity contribution in [2.75, 3.05) is 0 Å². The summed E-state index contributed by atoms with van der Waals surface area (Å²) in [5.41, 5.74) is 3.91. The minimum Gasteiger partial charge on any atom is -0.455 e. The molecule has 4 aromatic rings. The maximum Gasteiger partial charge on any atom is 0.339 e. The first-order valence-corrected chi connectivity index (χ1v) is 8.77. The molecule has 140 valence electrons. The lowest BCUT2D eigenvalue weighted by molar-refractivity contribution is 0.0466. The van der Waals surface area contributed by atoms with Crippen LogP contribution in [-0.4, -0.2) is 16.1 Å². The molecule has 0 aliphatic carbocycles. The summed E-state index contributed by atoms with van der Waals surface area (Å²) in [6.45, 7) is 3.63. The van der Waals surface area contributed by atoms with E-state index < -0.39 is 5.97 Å². The van der Waals surface area contributed by atoms with Gasteiger partial charge in [-0.25, -0.2) is 9.18 Å². The van der Waals surface area contributed by atoms with E-state index in [4.69, 9.17) is 9.26 Å². The van der Waals surface area contributed by atoms with Crippen LogP contribution >= 0.6 is 0 Å². The number of para-hydroxylation sites is 1. The third-order valence-corrected chi connectivity index (χ3v) is 4.53. The molecule has 0 saturated heterocycles. The standard InChI is InChI=1S/C22H17FN2O3/c1-13-11-18(17-5-3-4-6-19(17)24-13)22(26)27-12-20-14(2)21(28-25-20)15-7-9-16(23)10-8-15/h3-11H,12H2,1-2H3. The fraction of sp³-hybridized carbons (Fsp3) is 0.136. The van der Waals surface area contributed by atoms with E-state index in [0.717, 1.165) is 22.2 Å². The fourth-order valence-corrected chi connectivity index (χ4v) is 3.06. The van der Waals surface area contributed by atoms with Crippen LogP contribution in [0.4, 0.5) is 4.39 Å². The molecule has 0 spiro atoms. The molecule has 0 N–H and O–H groups in total. The third-order valence-electron chi connectivity index (χ3n) is 4.53. The summed E-state index contributed by atoms with van der Waals surface area (Å²) in [7, 11) is 0. The molecule has 0 radical (unpaired) electrons. The van der Waals surface area contributed by atoms with Crippen LogP contribution in [0.15, 0.2) is 59.1 Å². The molecule has 0 fully saturated rings. The zero-order chi connectivity index (χ0) is 19.7. The van der Waals surface area contributed by atoms with Crippen LogP contribution in [-0.2, 0) is 11.3 Å². The highest BCUT2D eigenvalue weighted by Gasteiger charge is 2.18. The van der Waals surface area contributed by atoms with Crippen LogP contribution in [0.5, 0.6) is 0 Å². The zero-order valence-electron chi connectivity index (χ0n) is 15.4. The van der Waals surface area contributed by atoms with Gasteiger partial charge < -0.3 is 9.26 Å². The Hall–Kier alpha value is -3.54. The Balaban J connectivity index is 1.56. The number of pyridine rings is 1. The number of hydrogen-bond donors (Lipinski definition) is 0. The Morgan fingerprint density at radius 2 is 1.86 bits per heavy atom. The van der Waals surface area contributed by atoms with Gasteiger partial charge in [-0.1, -0.05) is 23.4 Å². The molecular weight excluding hydrogens is 359 g/mol. The van der Waals surface area contributed by atoms with Gasteiger partial charge in [0.05, 0.1) is 11.1 Å². The first-order chi connectivity index (χ1) is 13.5. The number of fused-ring (bicyclic) bond motifs is 1. The van der Waals surface area contributed by atoms with Gasteiger partial charge in [-0.3, -0.25) is 4.98 Å². The Kier molecular flexibility index (Phi) is 4.61. The van der Waals surface area contributed by atoms with E-state index in [9.17, 15) is 9.18 Å². The predicted octanol–water partition coefficient (Wildman–Crippen LogP) is 5.00. The van der Waals surface area contributed by atoms with Gasteiger partial charge in [-0.05, 0) is 50.2 Å². The van der Waals surface area contributed by atoms with Crippen LogP contribution in [0.1, 0.15) is 27.3 Å². The molecule has 4 rings (SSSR count). The number of aromatic nitrogens is 2. The molecule has 0 aliphatic rings. The van der Waals surface area contributed by atoms with Gasteiger partial charge in [-0.2, -0.15) is 0 Å². The van der Waals surface area contributed by atoms with Crippen LogP contribution in [0, 0.1) is 19.7 Å². The van der Waals surface area contributed by atoms with Crippen LogP contribution in [0.3, 0.4) is 0 Å². The highest BCUT2D eigenvalue weighted by molar-refractivity contribution is 6.03. The van der Waals surface area contributed by atoms with Crippen molar-refractivity contribution in [3.05, 3.63) is 82.9 Å². The Labute approximate surface area is 160 Å². The number of aryl methyl sites for hydroxylation is 1. The predicted molar refractivity (Wildman–Crippen MR) is 102 cm³/mol. The summed E-state index contributed by atoms with van der Waals surface area (Å²) in [6, 6.07) is 15.1. The summed E-state index contributed by atoms with van der Waals surface area (Å²) in [6.07, 6.45) is 0. The summed E-state index contributed by atoms with van der Waals surface area (Å²) in [5, 5.41) is 4.74. The third kappa shape index (κ3) is 3.36. The van der Waals surface area contributed by atoms with Gasteiger partial charge in [0.2, 0.25) is 0 Å². The summed E-state index contributed by atoms with van der Waals surface area (Å²) in [5.74, 6) is -0.251. The molecule has 6 heteroatoms. The summed E-state index contributed by atoms with van der Waals surface area (Å²) < 4.78 is 24.0. The van der Waals surface area contributed by atoms with E-state index in [1.54, 1.807) is 18.2 Å². The number of esters is 1. The molecule has 0 aliphatic heterocycles. The Morgan fingerprint density at radius 1 is 1.11 bits per heavy atom. The maximum absolute atomic E-state index is 13.1. The molecule has 2 aromatic carbocycles. The van der Waals surface area contributed by atoms with Crippen molar-refractivity contribution in [1.29, 1.82) is 0 Å². The average Bonchev–Trinajstić information content (AvgIpc) is 3.06. The quantitative estimate of drug-likeness (QED) is 0.469. The number of carbonyl (C=O) groups is 1. The largest absolute Gasteiger partial charge is 0.455 e. The van der Waals surface area contributed by atoms with Crippen molar-refractivity contribution in [1.82, 2.24) is 10.1 Å². The van der Waals surface area contributed by atoms with E-state index in [-0.39, 0.29) is 12.4 Å². The number of nitrogens with zero attached hydrogens (tertiary/aromatic N) is 2. The summed E-state index contributed by atoms with van der Waals surface area (Å²) >= 11 is 0. The Morgan fingerprint density at radius 3 is 2.64 bits per heavy atom. The van der Waals surface area contributed by atoms with Crippen LogP contribution in [0.25, 0.3) is 22.2 Å². The number of benzene rings is 2. The molecular formula is C22H17FN2O3. The van der Waals surface area contributed by atoms with Crippen molar-refractivity contribution in [2.45, 2.75) is 20.5 Å². The number of rotatable bonds is 4. The smallest absolute Gasteiger partial charge is 0.339 e. The van der Waals surface area contributed by atoms with Crippen molar-refractivity contribution in [2.24, 2.45) is 0 Å². The number of ether oxygens (including phenoxy) is 1. The molecule has 0 amide bonds. The zero-order valence-corrected chi connectivity index (χ0v) is 15.4. The lowest BCUT2D eigenvalue weighted by atomic mass is 10.1. The van der Waals surface area contributed by atoms with Gasteiger partial charge in [-0.15, -0.1) is 0 Å². The average molecular weight is 376 g/mol. The first kappa shape index (κ1) is 17.9. The number of halogens is 1. The normalized spacial score (nSPS) is 11.0. The van der Waals surface area contributed by atoms with Gasteiger partial charge in [0, 0.05) is 22.2 Å². The molecule has 2 heterocycles. The van der Waals surface area contributed by atoms with Crippen molar-refractivity contribution in [3.8, 4) is 11.3 Å². The fourth-order valence-electron chi connectivity index (χ4n) is 3.06.